The van der Waals surface area contributed by atoms with Gasteiger partial charge in [-0.25, -0.2) is 4.98 Å². The maximum absolute atomic E-state index is 12.7. The SMILES string of the molecule is Cc1noc(C)c1CC(=O)N1CCC(N2CCN(c3ccc(C(F)(F)F)cn3)CC2)CC1. The van der Waals surface area contributed by atoms with E-state index in [0.717, 1.165) is 75.6 Å². The largest absolute Gasteiger partial charge is 0.417 e. The number of aryl methyl sites for hydroxylation is 2. The molecule has 0 radical (unpaired) electrons. The number of halogens is 3. The fourth-order valence-corrected chi connectivity index (χ4v) is 4.55. The van der Waals surface area contributed by atoms with Crippen molar-refractivity contribution in [3.63, 3.8) is 0 Å². The van der Waals surface area contributed by atoms with Gasteiger partial charge in [0, 0.05) is 57.1 Å². The number of piperidine rings is 1. The highest BCUT2D eigenvalue weighted by molar-refractivity contribution is 5.79. The summed E-state index contributed by atoms with van der Waals surface area (Å²) in [5.74, 6) is 1.39. The van der Waals surface area contributed by atoms with Crippen molar-refractivity contribution in [2.24, 2.45) is 0 Å². The first kappa shape index (κ1) is 22.6. The second kappa shape index (κ2) is 9.09. The molecule has 0 saturated carbocycles. The van der Waals surface area contributed by atoms with E-state index in [1.807, 2.05) is 23.6 Å². The van der Waals surface area contributed by atoms with Crippen molar-refractivity contribution in [3.8, 4) is 0 Å². The summed E-state index contributed by atoms with van der Waals surface area (Å²) in [6, 6.07) is 2.95. The van der Waals surface area contributed by atoms with Gasteiger partial charge in [0.25, 0.3) is 0 Å². The van der Waals surface area contributed by atoms with Crippen LogP contribution in [0.15, 0.2) is 22.9 Å². The number of rotatable bonds is 4. The number of anilines is 1. The lowest BCUT2D eigenvalue weighted by Gasteiger charge is -2.43. The number of pyridine rings is 1. The Kier molecular flexibility index (Phi) is 6.41. The van der Waals surface area contributed by atoms with Gasteiger partial charge in [0.2, 0.25) is 5.91 Å². The summed E-state index contributed by atoms with van der Waals surface area (Å²) in [4.78, 5) is 23.1. The molecule has 2 saturated heterocycles. The lowest BCUT2D eigenvalue weighted by atomic mass is 10.0. The highest BCUT2D eigenvalue weighted by Gasteiger charge is 2.32. The Bertz CT molecular complexity index is 909. The maximum atomic E-state index is 12.7. The smallest absolute Gasteiger partial charge is 0.361 e. The van der Waals surface area contributed by atoms with Crippen LogP contribution in [0.4, 0.5) is 19.0 Å². The van der Waals surface area contributed by atoms with E-state index in [1.165, 1.54) is 6.07 Å². The lowest BCUT2D eigenvalue weighted by molar-refractivity contribution is -0.137. The van der Waals surface area contributed by atoms with Gasteiger partial charge in [-0.2, -0.15) is 13.2 Å². The van der Waals surface area contributed by atoms with Crippen LogP contribution in [0, 0.1) is 13.8 Å². The molecule has 0 unspecified atom stereocenters. The van der Waals surface area contributed by atoms with Gasteiger partial charge >= 0.3 is 6.18 Å². The van der Waals surface area contributed by atoms with Gasteiger partial charge in [0.15, 0.2) is 0 Å². The molecule has 7 nitrogen and oxygen atoms in total. The van der Waals surface area contributed by atoms with Crippen molar-refractivity contribution in [1.82, 2.24) is 19.9 Å². The summed E-state index contributed by atoms with van der Waals surface area (Å²) >= 11 is 0. The molecule has 0 atom stereocenters. The first-order valence-corrected chi connectivity index (χ1v) is 10.9. The van der Waals surface area contributed by atoms with E-state index in [9.17, 15) is 18.0 Å². The number of likely N-dealkylation sites (tertiary alicyclic amines) is 1. The molecule has 2 aromatic rings. The lowest BCUT2D eigenvalue weighted by Crippen LogP contribution is -2.54. The van der Waals surface area contributed by atoms with E-state index in [2.05, 4.69) is 15.0 Å². The van der Waals surface area contributed by atoms with Crippen LogP contribution in [0.25, 0.3) is 0 Å². The zero-order valence-electron chi connectivity index (χ0n) is 18.4. The number of carbonyl (C=O) groups excluding carboxylic acids is 1. The minimum absolute atomic E-state index is 0.107. The molecule has 0 N–H and O–H groups in total. The van der Waals surface area contributed by atoms with Gasteiger partial charge in [0.05, 0.1) is 17.7 Å². The minimum Gasteiger partial charge on any atom is -0.361 e. The van der Waals surface area contributed by atoms with E-state index in [-0.39, 0.29) is 5.91 Å². The molecule has 2 aliphatic rings. The third-order valence-corrected chi connectivity index (χ3v) is 6.56. The Morgan fingerprint density at radius 3 is 2.31 bits per heavy atom. The van der Waals surface area contributed by atoms with Gasteiger partial charge in [-0.05, 0) is 38.8 Å². The predicted molar refractivity (Wildman–Crippen MR) is 112 cm³/mol. The molecule has 2 aromatic heterocycles. The molecule has 0 aromatic carbocycles. The molecule has 174 valence electrons. The van der Waals surface area contributed by atoms with Gasteiger partial charge in [-0.1, -0.05) is 5.16 Å². The summed E-state index contributed by atoms with van der Waals surface area (Å²) in [7, 11) is 0. The van der Waals surface area contributed by atoms with Crippen molar-refractivity contribution in [2.75, 3.05) is 44.2 Å². The van der Waals surface area contributed by atoms with Crippen LogP contribution in [-0.4, -0.2) is 71.2 Å². The third kappa shape index (κ3) is 4.90. The molecule has 2 fully saturated rings. The summed E-state index contributed by atoms with van der Waals surface area (Å²) in [6.07, 6.45) is -1.30. The fraction of sp³-hybridized carbons (Fsp3) is 0.591. The van der Waals surface area contributed by atoms with Crippen molar-refractivity contribution in [3.05, 3.63) is 40.9 Å². The molecular weight excluding hydrogens is 423 g/mol. The summed E-state index contributed by atoms with van der Waals surface area (Å²) in [5.41, 5.74) is 0.923. The van der Waals surface area contributed by atoms with Crippen LogP contribution in [0.3, 0.4) is 0 Å². The quantitative estimate of drug-likeness (QED) is 0.712. The van der Waals surface area contributed by atoms with Crippen LogP contribution < -0.4 is 4.90 Å². The fourth-order valence-electron chi connectivity index (χ4n) is 4.55. The number of amides is 1. The van der Waals surface area contributed by atoms with E-state index in [4.69, 9.17) is 4.52 Å². The van der Waals surface area contributed by atoms with Crippen molar-refractivity contribution < 1.29 is 22.5 Å². The van der Waals surface area contributed by atoms with E-state index < -0.39 is 11.7 Å². The number of hydrogen-bond acceptors (Lipinski definition) is 6. The Balaban J connectivity index is 1.24. The van der Waals surface area contributed by atoms with Crippen molar-refractivity contribution >= 4 is 11.7 Å². The highest BCUT2D eigenvalue weighted by atomic mass is 19.4. The number of hydrogen-bond donors (Lipinski definition) is 0. The molecule has 0 aliphatic carbocycles. The molecule has 32 heavy (non-hydrogen) atoms. The van der Waals surface area contributed by atoms with Crippen LogP contribution >= 0.6 is 0 Å². The predicted octanol–water partition coefficient (Wildman–Crippen LogP) is 3.06. The number of piperazine rings is 1. The summed E-state index contributed by atoms with van der Waals surface area (Å²) in [5, 5.41) is 3.92. The Labute approximate surface area is 185 Å². The Hall–Kier alpha value is -2.62. The van der Waals surface area contributed by atoms with Gasteiger partial charge < -0.3 is 14.3 Å². The van der Waals surface area contributed by atoms with Gasteiger partial charge in [-0.3, -0.25) is 9.69 Å². The molecule has 0 bridgehead atoms. The highest BCUT2D eigenvalue weighted by Crippen LogP contribution is 2.29. The molecule has 0 spiro atoms. The topological polar surface area (TPSA) is 65.7 Å². The summed E-state index contributed by atoms with van der Waals surface area (Å²) in [6.45, 7) is 8.26. The summed E-state index contributed by atoms with van der Waals surface area (Å²) < 4.78 is 43.4. The van der Waals surface area contributed by atoms with Crippen LogP contribution in [-0.2, 0) is 17.4 Å². The van der Waals surface area contributed by atoms with Crippen LogP contribution in [0.5, 0.6) is 0 Å². The molecule has 4 heterocycles. The Morgan fingerprint density at radius 2 is 1.78 bits per heavy atom. The average Bonchev–Trinajstić information content (AvgIpc) is 3.11. The molecule has 4 rings (SSSR count). The van der Waals surface area contributed by atoms with Crippen LogP contribution in [0.1, 0.15) is 35.4 Å². The number of aromatic nitrogens is 2. The van der Waals surface area contributed by atoms with Crippen molar-refractivity contribution in [1.29, 1.82) is 0 Å². The minimum atomic E-state index is -4.37. The number of alkyl halides is 3. The molecule has 10 heteroatoms. The first-order chi connectivity index (χ1) is 15.2. The van der Waals surface area contributed by atoms with Crippen molar-refractivity contribution in [2.45, 2.75) is 45.3 Å². The normalized spacial score (nSPS) is 18.9. The first-order valence-electron chi connectivity index (χ1n) is 10.9. The zero-order valence-corrected chi connectivity index (χ0v) is 18.4. The van der Waals surface area contributed by atoms with Crippen LogP contribution in [0.2, 0.25) is 0 Å². The zero-order chi connectivity index (χ0) is 22.9. The second-order valence-corrected chi connectivity index (χ2v) is 8.52. The van der Waals surface area contributed by atoms with Gasteiger partial charge in [0.1, 0.15) is 11.6 Å². The van der Waals surface area contributed by atoms with E-state index >= 15 is 0 Å². The number of carbonyl (C=O) groups is 1. The molecule has 1 amide bonds. The number of nitrogens with zero attached hydrogens (tertiary/aromatic N) is 5. The van der Waals surface area contributed by atoms with E-state index in [1.54, 1.807) is 0 Å². The maximum Gasteiger partial charge on any atom is 0.417 e. The molecule has 2 aliphatic heterocycles. The second-order valence-electron chi connectivity index (χ2n) is 8.52. The Morgan fingerprint density at radius 1 is 1.09 bits per heavy atom. The third-order valence-electron chi connectivity index (χ3n) is 6.56. The monoisotopic (exact) mass is 451 g/mol. The van der Waals surface area contributed by atoms with Gasteiger partial charge in [-0.15, -0.1) is 0 Å². The standard InChI is InChI=1S/C22H28F3N5O2/c1-15-19(16(2)32-27-15)13-21(31)30-7-5-18(6-8-30)28-9-11-29(12-10-28)20-4-3-17(14-26-20)22(23,24)25/h3-4,14,18H,5-13H2,1-2H3. The average molecular weight is 451 g/mol. The molecular formula is C22H28F3N5O2. The van der Waals surface area contributed by atoms with E-state index in [0.29, 0.717) is 24.0 Å².